The van der Waals surface area contributed by atoms with E-state index in [9.17, 15) is 14.7 Å². The minimum absolute atomic E-state index is 0.131. The van der Waals surface area contributed by atoms with Crippen LogP contribution in [0.15, 0.2) is 72.9 Å². The van der Waals surface area contributed by atoms with Crippen LogP contribution < -0.4 is 16.4 Å². The van der Waals surface area contributed by atoms with E-state index in [-0.39, 0.29) is 30.2 Å². The van der Waals surface area contributed by atoms with E-state index in [1.807, 2.05) is 47.2 Å². The average Bonchev–Trinajstić information content (AvgIpc) is 3.52. The molecule has 8 nitrogen and oxygen atoms in total. The molecule has 5 aromatic rings. The Bertz CT molecular complexity index is 1650. The number of fused-ring (bicyclic) bond motifs is 3. The number of amides is 2. The molecule has 3 aromatic carbocycles. The first-order valence-electron chi connectivity index (χ1n) is 11.8. The normalized spacial score (nSPS) is 14.9. The van der Waals surface area contributed by atoms with Crippen LogP contribution in [-0.4, -0.2) is 26.5 Å². The fourth-order valence-corrected chi connectivity index (χ4v) is 5.18. The van der Waals surface area contributed by atoms with Crippen molar-refractivity contribution < 1.29 is 14.7 Å². The van der Waals surface area contributed by atoms with E-state index < -0.39 is 0 Å². The van der Waals surface area contributed by atoms with E-state index in [1.165, 1.54) is 6.07 Å². The van der Waals surface area contributed by atoms with E-state index in [4.69, 9.17) is 5.73 Å². The van der Waals surface area contributed by atoms with Crippen LogP contribution in [0.5, 0.6) is 5.75 Å². The van der Waals surface area contributed by atoms with Gasteiger partial charge in [0.1, 0.15) is 12.3 Å². The molecule has 8 heteroatoms. The number of carbonyl (C=O) groups excluding carboxylic acids is 2. The molecule has 0 saturated carbocycles. The van der Waals surface area contributed by atoms with Crippen LogP contribution in [0.3, 0.4) is 0 Å². The molecule has 0 radical (unpaired) electrons. The van der Waals surface area contributed by atoms with Crippen LogP contribution in [0, 0.1) is 0 Å². The van der Waals surface area contributed by atoms with Crippen molar-refractivity contribution in [3.63, 3.8) is 0 Å². The number of nitrogens with one attached hydrogen (secondary N) is 3. The molecule has 0 saturated heterocycles. The third-order valence-corrected chi connectivity index (χ3v) is 6.78. The summed E-state index contributed by atoms with van der Waals surface area (Å²) in [6, 6.07) is 20.6. The third-order valence-electron chi connectivity index (χ3n) is 6.78. The summed E-state index contributed by atoms with van der Waals surface area (Å²) in [7, 11) is 0. The van der Waals surface area contributed by atoms with Crippen LogP contribution >= 0.6 is 0 Å². The van der Waals surface area contributed by atoms with Crippen molar-refractivity contribution in [2.24, 2.45) is 5.73 Å². The van der Waals surface area contributed by atoms with Gasteiger partial charge in [0.05, 0.1) is 6.04 Å². The second kappa shape index (κ2) is 8.58. The van der Waals surface area contributed by atoms with Crippen LogP contribution in [0.4, 0.5) is 0 Å². The zero-order chi connectivity index (χ0) is 24.8. The Kier molecular flexibility index (Phi) is 5.23. The quantitative estimate of drug-likeness (QED) is 0.245. The molecule has 0 aliphatic carbocycles. The maximum atomic E-state index is 12.7. The Morgan fingerprint density at radius 2 is 1.92 bits per heavy atom. The number of rotatable bonds is 7. The van der Waals surface area contributed by atoms with Crippen molar-refractivity contribution in [1.82, 2.24) is 20.2 Å². The van der Waals surface area contributed by atoms with Crippen molar-refractivity contribution in [2.45, 2.75) is 25.7 Å². The molecule has 2 amide bonds. The highest BCUT2D eigenvalue weighted by molar-refractivity contribution is 6.01. The van der Waals surface area contributed by atoms with Crippen molar-refractivity contribution >= 4 is 33.6 Å². The van der Waals surface area contributed by atoms with Gasteiger partial charge in [0, 0.05) is 52.5 Å². The van der Waals surface area contributed by atoms with Gasteiger partial charge in [-0.15, -0.1) is 0 Å². The SMILES string of the molecule is NC(=O)Cn1ccc2ccc(CNCc3[nH]c4ccccc4c3C3NC(=O)c4ccc(O)cc43)cc21. The number of phenols is 1. The molecule has 0 bridgehead atoms. The number of aromatic amines is 1. The van der Waals surface area contributed by atoms with Gasteiger partial charge < -0.3 is 31.0 Å². The summed E-state index contributed by atoms with van der Waals surface area (Å²) in [5, 5.41) is 18.8. The summed E-state index contributed by atoms with van der Waals surface area (Å²) < 4.78 is 1.85. The molecule has 36 heavy (non-hydrogen) atoms. The third kappa shape index (κ3) is 3.77. The lowest BCUT2D eigenvalue weighted by molar-refractivity contribution is -0.118. The number of H-pyrrole nitrogens is 1. The van der Waals surface area contributed by atoms with E-state index in [0.29, 0.717) is 18.7 Å². The average molecular weight is 480 g/mol. The maximum absolute atomic E-state index is 12.7. The Labute approximate surface area is 206 Å². The summed E-state index contributed by atoms with van der Waals surface area (Å²) in [6.45, 7) is 1.30. The van der Waals surface area contributed by atoms with E-state index in [1.54, 1.807) is 12.1 Å². The summed E-state index contributed by atoms with van der Waals surface area (Å²) in [4.78, 5) is 27.6. The van der Waals surface area contributed by atoms with Gasteiger partial charge in [-0.2, -0.15) is 0 Å². The number of hydrogen-bond donors (Lipinski definition) is 5. The summed E-state index contributed by atoms with van der Waals surface area (Å²) in [5.74, 6) is -0.394. The Morgan fingerprint density at radius 3 is 2.78 bits per heavy atom. The number of hydrogen-bond acceptors (Lipinski definition) is 4. The van der Waals surface area contributed by atoms with Gasteiger partial charge in [-0.3, -0.25) is 9.59 Å². The van der Waals surface area contributed by atoms with Crippen LogP contribution in [-0.2, 0) is 24.4 Å². The minimum atomic E-state index is -0.378. The van der Waals surface area contributed by atoms with E-state index in [2.05, 4.69) is 27.8 Å². The maximum Gasteiger partial charge on any atom is 0.252 e. The highest BCUT2D eigenvalue weighted by Crippen LogP contribution is 2.38. The number of primary amides is 1. The van der Waals surface area contributed by atoms with Crippen LogP contribution in [0.1, 0.15) is 38.8 Å². The zero-order valence-electron chi connectivity index (χ0n) is 19.4. The van der Waals surface area contributed by atoms with Crippen molar-refractivity contribution in [1.29, 1.82) is 0 Å². The van der Waals surface area contributed by atoms with Crippen molar-refractivity contribution in [3.8, 4) is 5.75 Å². The molecule has 0 fully saturated rings. The fourth-order valence-electron chi connectivity index (χ4n) is 5.18. The number of benzene rings is 3. The van der Waals surface area contributed by atoms with Crippen LogP contribution in [0.2, 0.25) is 0 Å². The lowest BCUT2D eigenvalue weighted by Gasteiger charge is -2.15. The number of aromatic hydroxyl groups is 1. The minimum Gasteiger partial charge on any atom is -0.508 e. The molecule has 1 aliphatic heterocycles. The van der Waals surface area contributed by atoms with Gasteiger partial charge in [0.15, 0.2) is 0 Å². The van der Waals surface area contributed by atoms with E-state index >= 15 is 0 Å². The van der Waals surface area contributed by atoms with Gasteiger partial charge in [-0.25, -0.2) is 0 Å². The molecule has 0 spiro atoms. The first kappa shape index (κ1) is 21.9. The molecular weight excluding hydrogens is 454 g/mol. The first-order valence-corrected chi connectivity index (χ1v) is 11.8. The van der Waals surface area contributed by atoms with Crippen molar-refractivity contribution in [2.75, 3.05) is 0 Å². The van der Waals surface area contributed by atoms with Gasteiger partial charge in [-0.05, 0) is 52.9 Å². The molecule has 6 rings (SSSR count). The first-order chi connectivity index (χ1) is 17.5. The molecule has 180 valence electrons. The Morgan fingerprint density at radius 1 is 1.06 bits per heavy atom. The molecule has 2 aromatic heterocycles. The predicted octanol–water partition coefficient (Wildman–Crippen LogP) is 3.44. The number of nitrogens with zero attached hydrogens (tertiary/aromatic N) is 1. The summed E-state index contributed by atoms with van der Waals surface area (Å²) in [6.07, 6.45) is 1.87. The van der Waals surface area contributed by atoms with Gasteiger partial charge in [0.25, 0.3) is 5.91 Å². The standard InChI is InChI=1S/C28H25N5O3/c29-25(35)15-33-10-9-17-6-5-16(11-24(17)33)13-30-14-23-26(20-3-1-2-4-22(20)31-23)27-21-12-18(34)7-8-19(21)28(36)32-27/h1-12,27,30-31,34H,13-15H2,(H2,29,35)(H,32,36). The zero-order valence-corrected chi connectivity index (χ0v) is 19.4. The second-order valence-corrected chi connectivity index (χ2v) is 9.15. The van der Waals surface area contributed by atoms with Gasteiger partial charge in [-0.1, -0.05) is 30.3 Å². The lowest BCUT2D eigenvalue weighted by Crippen LogP contribution is -2.22. The van der Waals surface area contributed by atoms with Crippen molar-refractivity contribution in [3.05, 3.63) is 101 Å². The monoisotopic (exact) mass is 479 g/mol. The van der Waals surface area contributed by atoms with E-state index in [0.717, 1.165) is 44.2 Å². The largest absolute Gasteiger partial charge is 0.508 e. The topological polar surface area (TPSA) is 125 Å². The number of nitrogens with two attached hydrogens (primary N) is 1. The second-order valence-electron chi connectivity index (χ2n) is 9.15. The molecule has 6 N–H and O–H groups in total. The summed E-state index contributed by atoms with van der Waals surface area (Å²) >= 11 is 0. The number of aromatic nitrogens is 2. The molecule has 3 heterocycles. The molecule has 1 aliphatic rings. The molecular formula is C28H25N5O3. The summed E-state index contributed by atoms with van der Waals surface area (Å²) in [5.41, 5.74) is 11.7. The molecule has 1 unspecified atom stereocenters. The smallest absolute Gasteiger partial charge is 0.252 e. The predicted molar refractivity (Wildman–Crippen MR) is 137 cm³/mol. The number of carbonyl (C=O) groups is 2. The molecule has 1 atom stereocenters. The fraction of sp³-hybridized carbons (Fsp3) is 0.143. The van der Waals surface area contributed by atoms with Gasteiger partial charge in [0.2, 0.25) is 5.91 Å². The van der Waals surface area contributed by atoms with Gasteiger partial charge >= 0.3 is 0 Å². The Balaban J connectivity index is 1.29. The Hall–Kier alpha value is -4.56. The number of para-hydroxylation sites is 1. The highest BCUT2D eigenvalue weighted by Gasteiger charge is 2.33. The number of phenolic OH excluding ortho intramolecular Hbond substituents is 1. The van der Waals surface area contributed by atoms with Crippen LogP contribution in [0.25, 0.3) is 21.8 Å². The highest BCUT2D eigenvalue weighted by atomic mass is 16.3. The lowest BCUT2D eigenvalue weighted by atomic mass is 9.95.